The molecule has 0 radical (unpaired) electrons. The minimum Gasteiger partial charge on any atom is -0.370 e. The van der Waals surface area contributed by atoms with E-state index in [1.807, 2.05) is 6.92 Å². The standard InChI is InChI=1S/C12H20N4OS/c1-5-6-13-11-9(2)12(15-8-14-11)18-7-10(17)16(3)4/h8H,5-7H2,1-4H3,(H,13,14,15). The molecule has 1 aromatic rings. The summed E-state index contributed by atoms with van der Waals surface area (Å²) in [5, 5.41) is 4.11. The predicted molar refractivity (Wildman–Crippen MR) is 75.0 cm³/mol. The van der Waals surface area contributed by atoms with E-state index in [9.17, 15) is 4.79 Å². The lowest BCUT2D eigenvalue weighted by atomic mass is 10.3. The van der Waals surface area contributed by atoms with Crippen molar-refractivity contribution < 1.29 is 4.79 Å². The fourth-order valence-electron chi connectivity index (χ4n) is 1.26. The molecule has 6 heteroatoms. The summed E-state index contributed by atoms with van der Waals surface area (Å²) < 4.78 is 0. The van der Waals surface area contributed by atoms with Crippen LogP contribution in [-0.2, 0) is 4.79 Å². The van der Waals surface area contributed by atoms with E-state index in [2.05, 4.69) is 22.2 Å². The number of carbonyl (C=O) groups excluding carboxylic acids is 1. The second-order valence-electron chi connectivity index (χ2n) is 4.16. The molecule has 1 heterocycles. The third-order valence-corrected chi connectivity index (χ3v) is 3.49. The Morgan fingerprint density at radius 3 is 2.78 bits per heavy atom. The molecule has 18 heavy (non-hydrogen) atoms. The highest BCUT2D eigenvalue weighted by Crippen LogP contribution is 2.23. The number of nitrogens with one attached hydrogen (secondary N) is 1. The molecule has 1 amide bonds. The second kappa shape index (κ2) is 7.20. The van der Waals surface area contributed by atoms with E-state index >= 15 is 0 Å². The summed E-state index contributed by atoms with van der Waals surface area (Å²) in [6.45, 7) is 4.97. The van der Waals surface area contributed by atoms with Crippen LogP contribution < -0.4 is 5.32 Å². The maximum atomic E-state index is 11.5. The first-order valence-corrected chi connectivity index (χ1v) is 6.93. The monoisotopic (exact) mass is 268 g/mol. The van der Waals surface area contributed by atoms with Crippen molar-refractivity contribution in [1.29, 1.82) is 0 Å². The number of thioether (sulfide) groups is 1. The first-order valence-electron chi connectivity index (χ1n) is 5.94. The molecule has 0 bridgehead atoms. The van der Waals surface area contributed by atoms with Gasteiger partial charge in [-0.1, -0.05) is 18.7 Å². The van der Waals surface area contributed by atoms with Crippen molar-refractivity contribution in [2.24, 2.45) is 0 Å². The average molecular weight is 268 g/mol. The molecule has 0 fully saturated rings. The molecule has 0 saturated heterocycles. The Bertz CT molecular complexity index is 409. The van der Waals surface area contributed by atoms with Gasteiger partial charge in [-0.2, -0.15) is 0 Å². The number of anilines is 1. The van der Waals surface area contributed by atoms with E-state index in [4.69, 9.17) is 0 Å². The lowest BCUT2D eigenvalue weighted by Gasteiger charge is -2.12. The van der Waals surface area contributed by atoms with Crippen LogP contribution in [0.15, 0.2) is 11.4 Å². The molecule has 0 aliphatic rings. The maximum Gasteiger partial charge on any atom is 0.232 e. The first kappa shape index (κ1) is 14.8. The predicted octanol–water partition coefficient (Wildman–Crippen LogP) is 1.79. The molecule has 0 saturated carbocycles. The van der Waals surface area contributed by atoms with Gasteiger partial charge in [0.05, 0.1) is 5.75 Å². The largest absolute Gasteiger partial charge is 0.370 e. The van der Waals surface area contributed by atoms with E-state index in [0.717, 1.165) is 29.4 Å². The molecule has 0 spiro atoms. The van der Waals surface area contributed by atoms with Gasteiger partial charge in [0.2, 0.25) is 5.91 Å². The SMILES string of the molecule is CCCNc1ncnc(SCC(=O)N(C)C)c1C. The van der Waals surface area contributed by atoms with Gasteiger partial charge in [0.15, 0.2) is 0 Å². The van der Waals surface area contributed by atoms with Crippen molar-refractivity contribution in [2.45, 2.75) is 25.3 Å². The highest BCUT2D eigenvalue weighted by atomic mass is 32.2. The van der Waals surface area contributed by atoms with Gasteiger partial charge in [0.1, 0.15) is 17.2 Å². The van der Waals surface area contributed by atoms with Crippen LogP contribution in [0.5, 0.6) is 0 Å². The van der Waals surface area contributed by atoms with Crippen molar-refractivity contribution in [3.8, 4) is 0 Å². The number of hydrogen-bond donors (Lipinski definition) is 1. The summed E-state index contributed by atoms with van der Waals surface area (Å²) in [6.07, 6.45) is 2.58. The summed E-state index contributed by atoms with van der Waals surface area (Å²) in [4.78, 5) is 21.5. The molecule has 0 aromatic carbocycles. The third kappa shape index (κ3) is 4.18. The minimum atomic E-state index is 0.0843. The number of amides is 1. The molecular weight excluding hydrogens is 248 g/mol. The van der Waals surface area contributed by atoms with Crippen LogP contribution in [-0.4, -0.2) is 47.2 Å². The van der Waals surface area contributed by atoms with Gasteiger partial charge >= 0.3 is 0 Å². The van der Waals surface area contributed by atoms with Crippen LogP contribution in [0, 0.1) is 6.92 Å². The van der Waals surface area contributed by atoms with Gasteiger partial charge in [0.25, 0.3) is 0 Å². The Labute approximate surface area is 112 Å². The van der Waals surface area contributed by atoms with Gasteiger partial charge in [-0.3, -0.25) is 4.79 Å². The smallest absolute Gasteiger partial charge is 0.232 e. The third-order valence-electron chi connectivity index (χ3n) is 2.41. The van der Waals surface area contributed by atoms with E-state index in [1.54, 1.807) is 19.0 Å². The number of aromatic nitrogens is 2. The fraction of sp³-hybridized carbons (Fsp3) is 0.583. The summed E-state index contributed by atoms with van der Waals surface area (Å²) in [7, 11) is 3.51. The molecule has 1 rings (SSSR count). The Balaban J connectivity index is 2.68. The van der Waals surface area contributed by atoms with Crippen LogP contribution in [0.25, 0.3) is 0 Å². The molecule has 100 valence electrons. The van der Waals surface area contributed by atoms with Gasteiger partial charge in [0, 0.05) is 26.2 Å². The summed E-state index contributed by atoms with van der Waals surface area (Å²) in [5.41, 5.74) is 1.00. The van der Waals surface area contributed by atoms with Crippen molar-refractivity contribution in [3.63, 3.8) is 0 Å². The van der Waals surface area contributed by atoms with Gasteiger partial charge in [-0.05, 0) is 13.3 Å². The van der Waals surface area contributed by atoms with Gasteiger partial charge in [-0.25, -0.2) is 9.97 Å². The molecule has 0 aliphatic heterocycles. The van der Waals surface area contributed by atoms with Crippen LogP contribution in [0.2, 0.25) is 0 Å². The quantitative estimate of drug-likeness (QED) is 0.629. The Morgan fingerprint density at radius 1 is 1.44 bits per heavy atom. The van der Waals surface area contributed by atoms with E-state index in [1.165, 1.54) is 18.1 Å². The van der Waals surface area contributed by atoms with Crippen LogP contribution in [0.4, 0.5) is 5.82 Å². The number of rotatable bonds is 6. The molecule has 1 aromatic heterocycles. The van der Waals surface area contributed by atoms with E-state index in [0.29, 0.717) is 5.75 Å². The van der Waals surface area contributed by atoms with Crippen molar-refractivity contribution in [2.75, 3.05) is 31.7 Å². The van der Waals surface area contributed by atoms with Crippen LogP contribution in [0.1, 0.15) is 18.9 Å². The van der Waals surface area contributed by atoms with Crippen LogP contribution >= 0.6 is 11.8 Å². The second-order valence-corrected chi connectivity index (χ2v) is 5.12. The zero-order valence-corrected chi connectivity index (χ0v) is 12.2. The molecule has 5 nitrogen and oxygen atoms in total. The van der Waals surface area contributed by atoms with Crippen LogP contribution in [0.3, 0.4) is 0 Å². The van der Waals surface area contributed by atoms with Crippen molar-refractivity contribution in [3.05, 3.63) is 11.9 Å². The van der Waals surface area contributed by atoms with Gasteiger partial charge in [-0.15, -0.1) is 0 Å². The lowest BCUT2D eigenvalue weighted by molar-refractivity contribution is -0.125. The van der Waals surface area contributed by atoms with E-state index in [-0.39, 0.29) is 5.91 Å². The Kier molecular flexibility index (Phi) is 5.91. The van der Waals surface area contributed by atoms with E-state index < -0.39 is 0 Å². The van der Waals surface area contributed by atoms with Crippen molar-refractivity contribution >= 4 is 23.5 Å². The normalized spacial score (nSPS) is 10.2. The lowest BCUT2D eigenvalue weighted by Crippen LogP contribution is -2.23. The molecule has 0 atom stereocenters. The first-order chi connectivity index (χ1) is 8.56. The van der Waals surface area contributed by atoms with Gasteiger partial charge < -0.3 is 10.2 Å². The topological polar surface area (TPSA) is 58.1 Å². The highest BCUT2D eigenvalue weighted by Gasteiger charge is 2.10. The maximum absolute atomic E-state index is 11.5. The summed E-state index contributed by atoms with van der Waals surface area (Å²) >= 11 is 1.45. The fourth-order valence-corrected chi connectivity index (χ4v) is 2.21. The number of carbonyl (C=O) groups is 1. The highest BCUT2D eigenvalue weighted by molar-refractivity contribution is 7.99. The minimum absolute atomic E-state index is 0.0843. The molecule has 0 aliphatic carbocycles. The number of hydrogen-bond acceptors (Lipinski definition) is 5. The molecule has 0 unspecified atom stereocenters. The average Bonchev–Trinajstić information content (AvgIpc) is 2.35. The number of nitrogens with zero attached hydrogens (tertiary/aromatic N) is 3. The summed E-state index contributed by atoms with van der Waals surface area (Å²) in [6, 6.07) is 0. The molecule has 1 N–H and O–H groups in total. The molecular formula is C12H20N4OS. The zero-order valence-electron chi connectivity index (χ0n) is 11.4. The Hall–Kier alpha value is -1.30. The summed E-state index contributed by atoms with van der Waals surface area (Å²) in [5.74, 6) is 1.34. The van der Waals surface area contributed by atoms with Crippen molar-refractivity contribution in [1.82, 2.24) is 14.9 Å². The zero-order chi connectivity index (χ0) is 13.5. The Morgan fingerprint density at radius 2 is 2.17 bits per heavy atom.